The zero-order chi connectivity index (χ0) is 23.9. The van der Waals surface area contributed by atoms with Crippen molar-refractivity contribution in [3.63, 3.8) is 0 Å². The number of benzene rings is 1. The van der Waals surface area contributed by atoms with Crippen molar-refractivity contribution < 1.29 is 19.2 Å². The maximum Gasteiger partial charge on any atom is 0.268 e. The minimum absolute atomic E-state index is 0.0334. The molecule has 0 aliphatic heterocycles. The zero-order valence-electron chi connectivity index (χ0n) is 19.3. The summed E-state index contributed by atoms with van der Waals surface area (Å²) in [4.78, 5) is 52.0. The fourth-order valence-corrected chi connectivity index (χ4v) is 3.42. The second kappa shape index (κ2) is 15.2. The Hall–Kier alpha value is -2.61. The van der Waals surface area contributed by atoms with E-state index in [0.717, 1.165) is 51.0 Å². The Kier molecular flexibility index (Phi) is 13.1. The first-order valence-electron chi connectivity index (χ1n) is 11.3. The third kappa shape index (κ3) is 9.26. The van der Waals surface area contributed by atoms with Gasteiger partial charge >= 0.3 is 0 Å². The van der Waals surface area contributed by atoms with Crippen LogP contribution in [0.1, 0.15) is 64.9 Å². The van der Waals surface area contributed by atoms with Crippen LogP contribution in [0.15, 0.2) is 30.3 Å². The Morgan fingerprint density at radius 1 is 0.875 bits per heavy atom. The van der Waals surface area contributed by atoms with Crippen LogP contribution in [-0.4, -0.2) is 52.5 Å². The monoisotopic (exact) mass is 461 g/mol. The van der Waals surface area contributed by atoms with E-state index < -0.39 is 29.7 Å². The van der Waals surface area contributed by atoms with Crippen LogP contribution in [0.25, 0.3) is 0 Å². The van der Waals surface area contributed by atoms with E-state index in [4.69, 9.17) is 12.2 Å². The van der Waals surface area contributed by atoms with Crippen molar-refractivity contribution in [1.82, 2.24) is 15.5 Å². The highest BCUT2D eigenvalue weighted by Crippen LogP contribution is 2.09. The van der Waals surface area contributed by atoms with E-state index in [1.54, 1.807) is 0 Å². The lowest BCUT2D eigenvalue weighted by Crippen LogP contribution is -2.60. The summed E-state index contributed by atoms with van der Waals surface area (Å²) in [5.41, 5.74) is 0.805. The average molecular weight is 462 g/mol. The van der Waals surface area contributed by atoms with Crippen molar-refractivity contribution >= 4 is 40.7 Å². The fourth-order valence-electron chi connectivity index (χ4n) is 3.15. The third-order valence-corrected chi connectivity index (χ3v) is 5.24. The van der Waals surface area contributed by atoms with Crippen LogP contribution in [-0.2, 0) is 25.6 Å². The summed E-state index contributed by atoms with van der Waals surface area (Å²) in [7, 11) is 0. The molecule has 0 fully saturated rings. The van der Waals surface area contributed by atoms with Gasteiger partial charge in [-0.2, -0.15) is 0 Å². The van der Waals surface area contributed by atoms with Gasteiger partial charge < -0.3 is 10.6 Å². The van der Waals surface area contributed by atoms with E-state index >= 15 is 0 Å². The van der Waals surface area contributed by atoms with Crippen molar-refractivity contribution in [3.05, 3.63) is 35.9 Å². The number of nitrogens with zero attached hydrogens (tertiary/aromatic N) is 1. The van der Waals surface area contributed by atoms with Crippen LogP contribution in [0.2, 0.25) is 0 Å². The van der Waals surface area contributed by atoms with Crippen molar-refractivity contribution in [1.29, 1.82) is 0 Å². The number of thiocarbonyl (C=S) groups is 1. The summed E-state index contributed by atoms with van der Waals surface area (Å²) in [6, 6.07) is 7.52. The van der Waals surface area contributed by atoms with Crippen LogP contribution in [0.5, 0.6) is 0 Å². The normalized spacial score (nSPS) is 10.5. The predicted molar refractivity (Wildman–Crippen MR) is 129 cm³/mol. The number of amides is 4. The van der Waals surface area contributed by atoms with Gasteiger partial charge in [0.05, 0.1) is 4.86 Å². The molecule has 0 aromatic heterocycles. The molecule has 4 amide bonds. The number of hydrogen-bond acceptors (Lipinski definition) is 5. The van der Waals surface area contributed by atoms with Crippen LogP contribution >= 0.6 is 12.2 Å². The fraction of sp³-hybridized carbons (Fsp3) is 0.542. The molecular weight excluding hydrogens is 426 g/mol. The highest BCUT2D eigenvalue weighted by molar-refractivity contribution is 7.82. The minimum Gasteiger partial charge on any atom is -0.354 e. The largest absolute Gasteiger partial charge is 0.354 e. The molecule has 0 bridgehead atoms. The molecule has 0 aliphatic rings. The van der Waals surface area contributed by atoms with Gasteiger partial charge in [0.15, 0.2) is 6.04 Å². The van der Waals surface area contributed by atoms with E-state index in [1.807, 2.05) is 44.2 Å². The smallest absolute Gasteiger partial charge is 0.268 e. The molecule has 7 nitrogen and oxygen atoms in total. The number of unbranched alkanes of at least 4 members (excludes halogenated alkanes) is 4. The lowest BCUT2D eigenvalue weighted by atomic mass is 10.1. The zero-order valence-corrected chi connectivity index (χ0v) is 20.1. The van der Waals surface area contributed by atoms with Gasteiger partial charge in [0.1, 0.15) is 0 Å². The molecule has 2 N–H and O–H groups in total. The quantitative estimate of drug-likeness (QED) is 0.252. The van der Waals surface area contributed by atoms with E-state index in [-0.39, 0.29) is 11.3 Å². The molecule has 0 atom stereocenters. The molecule has 1 aromatic rings. The predicted octanol–water partition coefficient (Wildman–Crippen LogP) is 2.96. The molecule has 176 valence electrons. The molecule has 1 rings (SSSR count). The van der Waals surface area contributed by atoms with Gasteiger partial charge in [0.2, 0.25) is 5.91 Å². The Bertz CT molecular complexity index is 759. The Morgan fingerprint density at radius 3 is 1.81 bits per heavy atom. The highest BCUT2D eigenvalue weighted by Gasteiger charge is 2.39. The maximum absolute atomic E-state index is 13.1. The van der Waals surface area contributed by atoms with Crippen molar-refractivity contribution in [2.45, 2.75) is 71.8 Å². The van der Waals surface area contributed by atoms with Gasteiger partial charge in [-0.05, 0) is 18.4 Å². The maximum atomic E-state index is 13.1. The molecule has 0 aliphatic carbocycles. The molecule has 0 spiro atoms. The van der Waals surface area contributed by atoms with Gasteiger partial charge in [-0.1, -0.05) is 82.1 Å². The number of hydrogen-bond donors (Lipinski definition) is 2. The molecule has 0 radical (unpaired) electrons. The molecular formula is C24H35N3O4S. The lowest BCUT2D eigenvalue weighted by Gasteiger charge is -2.28. The molecule has 0 unspecified atom stereocenters. The van der Waals surface area contributed by atoms with Gasteiger partial charge in [0, 0.05) is 26.4 Å². The summed E-state index contributed by atoms with van der Waals surface area (Å²) < 4.78 is 0. The van der Waals surface area contributed by atoms with Gasteiger partial charge in [-0.15, -0.1) is 0 Å². The summed E-state index contributed by atoms with van der Waals surface area (Å²) in [6.45, 7) is 5.96. The van der Waals surface area contributed by atoms with E-state index in [9.17, 15) is 19.2 Å². The number of imide groups is 1. The molecule has 0 heterocycles. The van der Waals surface area contributed by atoms with Crippen LogP contribution in [0.3, 0.4) is 0 Å². The van der Waals surface area contributed by atoms with Crippen molar-refractivity contribution in [3.8, 4) is 0 Å². The van der Waals surface area contributed by atoms with E-state index in [1.165, 1.54) is 0 Å². The second-order valence-corrected chi connectivity index (χ2v) is 8.17. The summed E-state index contributed by atoms with van der Waals surface area (Å²) in [5.74, 6) is -2.86. The number of carbonyl (C=O) groups is 4. The average Bonchev–Trinajstić information content (AvgIpc) is 2.77. The van der Waals surface area contributed by atoms with E-state index in [0.29, 0.717) is 18.0 Å². The number of nitrogens with one attached hydrogen (secondary N) is 2. The van der Waals surface area contributed by atoms with Crippen LogP contribution < -0.4 is 10.6 Å². The van der Waals surface area contributed by atoms with E-state index in [2.05, 4.69) is 10.6 Å². The highest BCUT2D eigenvalue weighted by atomic mass is 32.1. The molecule has 0 saturated heterocycles. The Balaban J connectivity index is 3.05. The first kappa shape index (κ1) is 27.4. The van der Waals surface area contributed by atoms with Gasteiger partial charge in [-0.25, -0.2) is 0 Å². The topological polar surface area (TPSA) is 95.6 Å². The Morgan fingerprint density at radius 2 is 1.38 bits per heavy atom. The standard InChI is InChI=1S/C24H35N3O4S/c1-4-6-11-15-25-22(29)21(23(30)26-16-12-7-5-2)27(18(3)28)24(31)20(32)17-19-13-9-8-10-14-19/h8-10,13-14,21H,4-7,11-12,15-17H2,1-3H3,(H,25,29)(H,26,30). The van der Waals surface area contributed by atoms with Crippen LogP contribution in [0, 0.1) is 0 Å². The summed E-state index contributed by atoms with van der Waals surface area (Å²) >= 11 is 5.28. The second-order valence-electron chi connectivity index (χ2n) is 7.68. The van der Waals surface area contributed by atoms with Gasteiger partial charge in [-0.3, -0.25) is 24.1 Å². The molecule has 1 aromatic carbocycles. The minimum atomic E-state index is -1.60. The van der Waals surface area contributed by atoms with Gasteiger partial charge in [0.25, 0.3) is 17.7 Å². The van der Waals surface area contributed by atoms with Crippen molar-refractivity contribution in [2.24, 2.45) is 0 Å². The lowest BCUT2D eigenvalue weighted by molar-refractivity contribution is -0.152. The summed E-state index contributed by atoms with van der Waals surface area (Å²) in [5, 5.41) is 5.38. The third-order valence-electron chi connectivity index (χ3n) is 4.92. The number of carbonyl (C=O) groups excluding carboxylic acids is 4. The van der Waals surface area contributed by atoms with Crippen molar-refractivity contribution in [2.75, 3.05) is 13.1 Å². The number of rotatable bonds is 14. The first-order valence-corrected chi connectivity index (χ1v) is 11.7. The molecule has 0 saturated carbocycles. The van der Waals surface area contributed by atoms with Crippen LogP contribution in [0.4, 0.5) is 0 Å². The summed E-state index contributed by atoms with van der Waals surface area (Å²) in [6.07, 6.45) is 5.42. The Labute approximate surface area is 196 Å². The SMILES string of the molecule is CCCCCNC(=O)C(C(=O)NCCCCC)N(C(C)=O)C(=O)C(=S)Cc1ccccc1. The first-order chi connectivity index (χ1) is 15.3. The molecule has 8 heteroatoms. The molecule has 32 heavy (non-hydrogen) atoms.